The average Bonchev–Trinajstić information content (AvgIpc) is 2.71. The zero-order valence-electron chi connectivity index (χ0n) is 14.4. The van der Waals surface area contributed by atoms with Gasteiger partial charge in [0.25, 0.3) is 0 Å². The first kappa shape index (κ1) is 22.4. The van der Waals surface area contributed by atoms with Crippen molar-refractivity contribution in [1.82, 2.24) is 0 Å². The van der Waals surface area contributed by atoms with Gasteiger partial charge in [-0.15, -0.1) is 23.2 Å². The summed E-state index contributed by atoms with van der Waals surface area (Å²) in [5.74, 6) is -3.61. The van der Waals surface area contributed by atoms with E-state index in [1.807, 2.05) is 0 Å². The van der Waals surface area contributed by atoms with E-state index in [1.165, 1.54) is 12.1 Å². The van der Waals surface area contributed by atoms with Crippen molar-refractivity contribution in [2.24, 2.45) is 0 Å². The molecule has 1 aromatic rings. The van der Waals surface area contributed by atoms with Crippen LogP contribution in [0.2, 0.25) is 0 Å². The molecule has 1 aliphatic rings. The number of esters is 3. The molecular formula is C17H18Cl2O9. The minimum absolute atomic E-state index is 0.271. The number of halogens is 2. The molecule has 5 atom stereocenters. The third-order valence-electron chi connectivity index (χ3n) is 3.78. The number of alkyl halides is 2. The summed E-state index contributed by atoms with van der Waals surface area (Å²) in [6, 6.07) is 8.07. The topological polar surface area (TPSA) is 129 Å². The zero-order chi connectivity index (χ0) is 20.7. The summed E-state index contributed by atoms with van der Waals surface area (Å²) < 4.78 is 20.1. The van der Waals surface area contributed by atoms with E-state index in [4.69, 9.17) is 42.1 Å². The number of aliphatic hydroxyl groups is 2. The Morgan fingerprint density at radius 2 is 1.54 bits per heavy atom. The van der Waals surface area contributed by atoms with E-state index in [9.17, 15) is 24.6 Å². The summed E-state index contributed by atoms with van der Waals surface area (Å²) in [5.41, 5.74) is 0.271. The van der Waals surface area contributed by atoms with E-state index in [1.54, 1.807) is 18.2 Å². The number of rotatable bonds is 7. The fourth-order valence-electron chi connectivity index (χ4n) is 2.49. The van der Waals surface area contributed by atoms with Crippen molar-refractivity contribution >= 4 is 41.1 Å². The Labute approximate surface area is 170 Å². The van der Waals surface area contributed by atoms with Crippen LogP contribution < -0.4 is 0 Å². The molecule has 0 amide bonds. The van der Waals surface area contributed by atoms with E-state index in [-0.39, 0.29) is 5.56 Å². The Kier molecular flexibility index (Phi) is 8.46. The lowest BCUT2D eigenvalue weighted by Crippen LogP contribution is -2.61. The highest BCUT2D eigenvalue weighted by Gasteiger charge is 2.49. The van der Waals surface area contributed by atoms with Crippen LogP contribution in [0, 0.1) is 0 Å². The molecule has 0 aliphatic carbocycles. The van der Waals surface area contributed by atoms with Crippen LogP contribution in [0.1, 0.15) is 10.4 Å². The van der Waals surface area contributed by atoms with Gasteiger partial charge < -0.3 is 29.2 Å². The van der Waals surface area contributed by atoms with E-state index in [0.29, 0.717) is 0 Å². The average molecular weight is 437 g/mol. The predicted molar refractivity (Wildman–Crippen MR) is 94.8 cm³/mol. The number of carbonyl (C=O) groups is 3. The quantitative estimate of drug-likeness (QED) is 0.350. The van der Waals surface area contributed by atoms with Gasteiger partial charge in [-0.1, -0.05) is 18.2 Å². The maximum atomic E-state index is 12.0. The molecule has 1 saturated heterocycles. The number of hydrogen-bond donors (Lipinski definition) is 2. The number of benzene rings is 1. The standard InChI is InChI=1S/C17H18Cl2O9/c18-6-11(20)27-14-13(22)10(26-17(24)15(14)28-12(21)7-19)8-25-16(23)9-4-2-1-3-5-9/h1-5,10,13-15,17,22,24H,6-8H2/t10-,13-,14+,15-,17+/m1/s1. The molecule has 0 bridgehead atoms. The molecular weight excluding hydrogens is 419 g/mol. The predicted octanol–water partition coefficient (Wildman–Crippen LogP) is 0.223. The molecule has 2 rings (SSSR count). The molecule has 1 aromatic carbocycles. The van der Waals surface area contributed by atoms with Crippen molar-refractivity contribution < 1.29 is 43.5 Å². The second-order valence-electron chi connectivity index (χ2n) is 5.70. The molecule has 0 spiro atoms. The van der Waals surface area contributed by atoms with Gasteiger partial charge in [0.1, 0.15) is 30.6 Å². The van der Waals surface area contributed by atoms with Crippen molar-refractivity contribution in [2.75, 3.05) is 18.4 Å². The van der Waals surface area contributed by atoms with Gasteiger partial charge in [-0.3, -0.25) is 9.59 Å². The third-order valence-corrected chi connectivity index (χ3v) is 4.21. The lowest BCUT2D eigenvalue weighted by molar-refractivity contribution is -0.292. The Balaban J connectivity index is 2.08. The van der Waals surface area contributed by atoms with Crippen LogP contribution in [-0.4, -0.2) is 77.2 Å². The lowest BCUT2D eigenvalue weighted by atomic mass is 9.98. The van der Waals surface area contributed by atoms with Crippen molar-refractivity contribution in [3.63, 3.8) is 0 Å². The van der Waals surface area contributed by atoms with Crippen LogP contribution in [0.4, 0.5) is 0 Å². The van der Waals surface area contributed by atoms with Gasteiger partial charge in [0, 0.05) is 0 Å². The van der Waals surface area contributed by atoms with E-state index >= 15 is 0 Å². The third kappa shape index (κ3) is 5.79. The smallest absolute Gasteiger partial charge is 0.338 e. The Morgan fingerprint density at radius 3 is 2.11 bits per heavy atom. The maximum Gasteiger partial charge on any atom is 0.338 e. The fraction of sp³-hybridized carbons (Fsp3) is 0.471. The second kappa shape index (κ2) is 10.6. The molecule has 11 heteroatoms. The molecule has 0 saturated carbocycles. The maximum absolute atomic E-state index is 12.0. The summed E-state index contributed by atoms with van der Waals surface area (Å²) in [6.07, 6.45) is -7.68. The van der Waals surface area contributed by atoms with Crippen LogP contribution in [0.3, 0.4) is 0 Å². The van der Waals surface area contributed by atoms with Gasteiger partial charge >= 0.3 is 17.9 Å². The van der Waals surface area contributed by atoms with Crippen LogP contribution >= 0.6 is 23.2 Å². The van der Waals surface area contributed by atoms with Crippen LogP contribution in [0.5, 0.6) is 0 Å². The number of ether oxygens (including phenoxy) is 4. The molecule has 0 radical (unpaired) electrons. The van der Waals surface area contributed by atoms with Crippen LogP contribution in [-0.2, 0) is 28.5 Å². The molecule has 2 N–H and O–H groups in total. The largest absolute Gasteiger partial charge is 0.459 e. The normalized spacial score (nSPS) is 26.9. The minimum atomic E-state index is -1.77. The number of aliphatic hydroxyl groups excluding tert-OH is 2. The lowest BCUT2D eigenvalue weighted by Gasteiger charge is -2.41. The zero-order valence-corrected chi connectivity index (χ0v) is 15.9. The van der Waals surface area contributed by atoms with E-state index < -0.39 is 67.0 Å². The highest BCUT2D eigenvalue weighted by Crippen LogP contribution is 2.26. The summed E-state index contributed by atoms with van der Waals surface area (Å²) in [6.45, 7) is -0.461. The Bertz CT molecular complexity index is 684. The first-order chi connectivity index (χ1) is 13.4. The minimum Gasteiger partial charge on any atom is -0.459 e. The van der Waals surface area contributed by atoms with Crippen LogP contribution in [0.25, 0.3) is 0 Å². The molecule has 154 valence electrons. The van der Waals surface area contributed by atoms with Gasteiger partial charge in [-0.2, -0.15) is 0 Å². The monoisotopic (exact) mass is 436 g/mol. The summed E-state index contributed by atoms with van der Waals surface area (Å²) in [4.78, 5) is 35.0. The fourth-order valence-corrected chi connectivity index (χ4v) is 2.61. The van der Waals surface area contributed by atoms with E-state index in [2.05, 4.69) is 0 Å². The highest BCUT2D eigenvalue weighted by molar-refractivity contribution is 6.26. The molecule has 1 heterocycles. The van der Waals surface area contributed by atoms with Gasteiger partial charge in [0.2, 0.25) is 0 Å². The first-order valence-electron chi connectivity index (χ1n) is 8.12. The highest BCUT2D eigenvalue weighted by atomic mass is 35.5. The van der Waals surface area contributed by atoms with Crippen LogP contribution in [0.15, 0.2) is 30.3 Å². The van der Waals surface area contributed by atoms with Crippen molar-refractivity contribution in [2.45, 2.75) is 30.7 Å². The Hall–Kier alpha value is -1.91. The summed E-state index contributed by atoms with van der Waals surface area (Å²) >= 11 is 10.8. The number of carbonyl (C=O) groups excluding carboxylic acids is 3. The Morgan fingerprint density at radius 1 is 0.964 bits per heavy atom. The molecule has 1 aliphatic heterocycles. The van der Waals surface area contributed by atoms with Crippen molar-refractivity contribution in [1.29, 1.82) is 0 Å². The summed E-state index contributed by atoms with van der Waals surface area (Å²) in [7, 11) is 0. The number of hydrogen-bond acceptors (Lipinski definition) is 9. The van der Waals surface area contributed by atoms with Gasteiger partial charge in [-0.25, -0.2) is 4.79 Å². The van der Waals surface area contributed by atoms with Gasteiger partial charge in [0.05, 0.1) is 5.56 Å². The molecule has 28 heavy (non-hydrogen) atoms. The summed E-state index contributed by atoms with van der Waals surface area (Å²) in [5, 5.41) is 20.6. The molecule has 9 nitrogen and oxygen atoms in total. The second-order valence-corrected chi connectivity index (χ2v) is 6.23. The van der Waals surface area contributed by atoms with Crippen molar-refractivity contribution in [3.05, 3.63) is 35.9 Å². The van der Waals surface area contributed by atoms with Crippen molar-refractivity contribution in [3.8, 4) is 0 Å². The molecule has 0 aromatic heterocycles. The molecule has 1 fully saturated rings. The first-order valence-corrected chi connectivity index (χ1v) is 9.19. The van der Waals surface area contributed by atoms with Gasteiger partial charge in [-0.05, 0) is 12.1 Å². The SMILES string of the molecule is O=C(CCl)O[C@@H]1[C@@H](OC(=O)CCl)[C@H](O)[C@@H](COC(=O)c2ccccc2)O[C@@H]1O. The molecule has 0 unspecified atom stereocenters. The van der Waals surface area contributed by atoms with E-state index in [0.717, 1.165) is 0 Å². The van der Waals surface area contributed by atoms with Gasteiger partial charge in [0.15, 0.2) is 18.5 Å².